The number of rotatable bonds is 3. The lowest BCUT2D eigenvalue weighted by molar-refractivity contribution is -0.117. The van der Waals surface area contributed by atoms with E-state index in [1.807, 2.05) is 12.1 Å². The molecule has 1 saturated heterocycles. The largest absolute Gasteiger partial charge is 0.325 e. The van der Waals surface area contributed by atoms with Crippen LogP contribution >= 0.6 is 0 Å². The molecule has 5 nitrogen and oxygen atoms in total. The van der Waals surface area contributed by atoms with Gasteiger partial charge in [0.05, 0.1) is 6.04 Å². The molecule has 1 aliphatic rings. The smallest absolute Gasteiger partial charge is 0.240 e. The van der Waals surface area contributed by atoms with E-state index in [1.54, 1.807) is 24.0 Å². The van der Waals surface area contributed by atoms with Crippen LogP contribution in [0.25, 0.3) is 0 Å². The zero-order chi connectivity index (χ0) is 13.1. The second-order valence-electron chi connectivity index (χ2n) is 4.48. The first kappa shape index (κ1) is 12.6. The fourth-order valence-electron chi connectivity index (χ4n) is 1.93. The van der Waals surface area contributed by atoms with E-state index >= 15 is 0 Å². The fraction of sp³-hybridized carbons (Fsp3) is 0.385. The Morgan fingerprint density at radius 2 is 2.28 bits per heavy atom. The summed E-state index contributed by atoms with van der Waals surface area (Å²) < 4.78 is 0. The molecule has 1 aromatic carbocycles. The summed E-state index contributed by atoms with van der Waals surface area (Å²) in [6.07, 6.45) is 1.48. The minimum absolute atomic E-state index is 0.130. The first-order valence-corrected chi connectivity index (χ1v) is 6.05. The number of carbonyl (C=O) groups excluding carboxylic acids is 2. The predicted octanol–water partition coefficient (Wildman–Crippen LogP) is 1.10. The number of hydrogen-bond donors (Lipinski definition) is 2. The van der Waals surface area contributed by atoms with Gasteiger partial charge in [-0.2, -0.15) is 0 Å². The SMILES string of the molecule is CC(N)C(=O)Nc1cccc(N2CCCC2=O)c1. The zero-order valence-electron chi connectivity index (χ0n) is 10.3. The van der Waals surface area contributed by atoms with E-state index in [0.29, 0.717) is 12.1 Å². The number of nitrogens with two attached hydrogens (primary N) is 1. The molecular formula is C13H17N3O2. The zero-order valence-corrected chi connectivity index (χ0v) is 10.3. The van der Waals surface area contributed by atoms with Crippen molar-refractivity contribution in [3.63, 3.8) is 0 Å². The highest BCUT2D eigenvalue weighted by molar-refractivity contribution is 5.98. The van der Waals surface area contributed by atoms with Gasteiger partial charge in [0.15, 0.2) is 0 Å². The molecule has 1 aliphatic heterocycles. The summed E-state index contributed by atoms with van der Waals surface area (Å²) >= 11 is 0. The van der Waals surface area contributed by atoms with Gasteiger partial charge in [-0.25, -0.2) is 0 Å². The summed E-state index contributed by atoms with van der Waals surface area (Å²) in [5.74, 6) is -0.106. The van der Waals surface area contributed by atoms with Crippen LogP contribution in [-0.4, -0.2) is 24.4 Å². The van der Waals surface area contributed by atoms with Crippen molar-refractivity contribution >= 4 is 23.2 Å². The Morgan fingerprint density at radius 3 is 2.89 bits per heavy atom. The molecule has 1 unspecified atom stereocenters. The number of hydrogen-bond acceptors (Lipinski definition) is 3. The number of nitrogens with zero attached hydrogens (tertiary/aromatic N) is 1. The summed E-state index contributed by atoms with van der Waals surface area (Å²) in [4.78, 5) is 24.9. The van der Waals surface area contributed by atoms with Crippen LogP contribution in [0.2, 0.25) is 0 Å². The minimum atomic E-state index is -0.554. The summed E-state index contributed by atoms with van der Waals surface area (Å²) in [5, 5.41) is 2.72. The Bertz CT molecular complexity index is 471. The highest BCUT2D eigenvalue weighted by Gasteiger charge is 2.21. The van der Waals surface area contributed by atoms with E-state index in [1.165, 1.54) is 0 Å². The van der Waals surface area contributed by atoms with Crippen LogP contribution in [0.4, 0.5) is 11.4 Å². The summed E-state index contributed by atoms with van der Waals surface area (Å²) in [6.45, 7) is 2.37. The predicted molar refractivity (Wildman–Crippen MR) is 70.3 cm³/mol. The third kappa shape index (κ3) is 2.68. The molecule has 96 valence electrons. The molecule has 2 rings (SSSR count). The van der Waals surface area contributed by atoms with Crippen LogP contribution in [-0.2, 0) is 9.59 Å². The van der Waals surface area contributed by atoms with Gasteiger partial charge in [0.1, 0.15) is 0 Å². The lowest BCUT2D eigenvalue weighted by Gasteiger charge is -2.17. The van der Waals surface area contributed by atoms with Crippen LogP contribution in [0, 0.1) is 0 Å². The van der Waals surface area contributed by atoms with Crippen molar-refractivity contribution < 1.29 is 9.59 Å². The number of anilines is 2. The van der Waals surface area contributed by atoms with E-state index in [9.17, 15) is 9.59 Å². The van der Waals surface area contributed by atoms with Gasteiger partial charge in [0.2, 0.25) is 11.8 Å². The number of benzene rings is 1. The van der Waals surface area contributed by atoms with Gasteiger partial charge in [-0.15, -0.1) is 0 Å². The van der Waals surface area contributed by atoms with E-state index in [4.69, 9.17) is 5.73 Å². The van der Waals surface area contributed by atoms with Crippen molar-refractivity contribution in [3.05, 3.63) is 24.3 Å². The second kappa shape index (κ2) is 5.18. The van der Waals surface area contributed by atoms with E-state index in [0.717, 1.165) is 18.7 Å². The number of nitrogens with one attached hydrogen (secondary N) is 1. The Morgan fingerprint density at radius 1 is 1.50 bits per heavy atom. The van der Waals surface area contributed by atoms with Gasteiger partial charge in [0.25, 0.3) is 0 Å². The first-order valence-electron chi connectivity index (χ1n) is 6.05. The molecular weight excluding hydrogens is 230 g/mol. The van der Waals surface area contributed by atoms with Crippen molar-refractivity contribution in [3.8, 4) is 0 Å². The molecule has 0 bridgehead atoms. The summed E-state index contributed by atoms with van der Waals surface area (Å²) in [7, 11) is 0. The molecule has 1 aromatic rings. The van der Waals surface area contributed by atoms with Crippen molar-refractivity contribution in [2.24, 2.45) is 5.73 Å². The monoisotopic (exact) mass is 247 g/mol. The number of amides is 2. The van der Waals surface area contributed by atoms with Crippen molar-refractivity contribution in [2.45, 2.75) is 25.8 Å². The summed E-state index contributed by atoms with van der Waals surface area (Å²) in [6, 6.07) is 6.71. The van der Waals surface area contributed by atoms with Gasteiger partial charge in [0, 0.05) is 24.3 Å². The Kier molecular flexibility index (Phi) is 3.62. The quantitative estimate of drug-likeness (QED) is 0.839. The van der Waals surface area contributed by atoms with Crippen LogP contribution in [0.3, 0.4) is 0 Å². The van der Waals surface area contributed by atoms with Crippen molar-refractivity contribution in [2.75, 3.05) is 16.8 Å². The van der Waals surface area contributed by atoms with Gasteiger partial charge in [-0.05, 0) is 31.5 Å². The molecule has 5 heteroatoms. The fourth-order valence-corrected chi connectivity index (χ4v) is 1.93. The molecule has 18 heavy (non-hydrogen) atoms. The lowest BCUT2D eigenvalue weighted by Crippen LogP contribution is -2.32. The topological polar surface area (TPSA) is 75.4 Å². The first-order chi connectivity index (χ1) is 8.58. The molecule has 0 aliphatic carbocycles. The van der Waals surface area contributed by atoms with E-state index < -0.39 is 6.04 Å². The second-order valence-corrected chi connectivity index (χ2v) is 4.48. The van der Waals surface area contributed by atoms with Gasteiger partial charge >= 0.3 is 0 Å². The molecule has 1 heterocycles. The molecule has 0 saturated carbocycles. The average Bonchev–Trinajstić information content (AvgIpc) is 2.75. The van der Waals surface area contributed by atoms with E-state index in [-0.39, 0.29) is 11.8 Å². The molecule has 0 spiro atoms. The van der Waals surface area contributed by atoms with Crippen LogP contribution in [0.15, 0.2) is 24.3 Å². The van der Waals surface area contributed by atoms with E-state index in [2.05, 4.69) is 5.32 Å². The Labute approximate surface area is 106 Å². The minimum Gasteiger partial charge on any atom is -0.325 e. The Balaban J connectivity index is 2.15. The Hall–Kier alpha value is -1.88. The molecule has 1 fully saturated rings. The highest BCUT2D eigenvalue weighted by atomic mass is 16.2. The molecule has 0 radical (unpaired) electrons. The van der Waals surface area contributed by atoms with Gasteiger partial charge in [-0.3, -0.25) is 9.59 Å². The summed E-state index contributed by atoms with van der Waals surface area (Å²) in [5.41, 5.74) is 6.97. The molecule has 2 amide bonds. The maximum Gasteiger partial charge on any atom is 0.240 e. The molecule has 3 N–H and O–H groups in total. The maximum atomic E-state index is 11.6. The van der Waals surface area contributed by atoms with Crippen LogP contribution in [0.1, 0.15) is 19.8 Å². The van der Waals surface area contributed by atoms with Crippen molar-refractivity contribution in [1.29, 1.82) is 0 Å². The average molecular weight is 247 g/mol. The van der Waals surface area contributed by atoms with Crippen LogP contribution < -0.4 is 16.0 Å². The lowest BCUT2D eigenvalue weighted by atomic mass is 10.2. The van der Waals surface area contributed by atoms with Gasteiger partial charge in [-0.1, -0.05) is 6.07 Å². The molecule has 0 aromatic heterocycles. The standard InChI is InChI=1S/C13H17N3O2/c1-9(14)13(18)15-10-4-2-5-11(8-10)16-7-3-6-12(16)17/h2,4-5,8-9H,3,6-7,14H2,1H3,(H,15,18). The maximum absolute atomic E-state index is 11.6. The highest BCUT2D eigenvalue weighted by Crippen LogP contribution is 2.24. The third-order valence-corrected chi connectivity index (χ3v) is 2.91. The van der Waals surface area contributed by atoms with Crippen LogP contribution in [0.5, 0.6) is 0 Å². The normalized spacial score (nSPS) is 16.8. The number of carbonyl (C=O) groups is 2. The van der Waals surface area contributed by atoms with Gasteiger partial charge < -0.3 is 16.0 Å². The van der Waals surface area contributed by atoms with Crippen molar-refractivity contribution in [1.82, 2.24) is 0 Å². The third-order valence-electron chi connectivity index (χ3n) is 2.91. The molecule has 1 atom stereocenters.